The Labute approximate surface area is 162 Å². The van der Waals surface area contributed by atoms with Crippen LogP contribution in [0.1, 0.15) is 50.6 Å². The van der Waals surface area contributed by atoms with Crippen LogP contribution in [-0.4, -0.2) is 38.2 Å². The molecule has 1 saturated heterocycles. The Balaban J connectivity index is 1.69. The van der Waals surface area contributed by atoms with Gasteiger partial charge in [0.2, 0.25) is 0 Å². The monoisotopic (exact) mass is 390 g/mol. The maximum absolute atomic E-state index is 12.9. The van der Waals surface area contributed by atoms with Crippen LogP contribution in [0.15, 0.2) is 41.8 Å². The topological polar surface area (TPSA) is 66.5 Å². The van der Waals surface area contributed by atoms with Gasteiger partial charge in [0.1, 0.15) is 0 Å². The van der Waals surface area contributed by atoms with Crippen LogP contribution in [0.4, 0.5) is 4.79 Å². The number of hydrogen-bond acceptors (Lipinski definition) is 3. The summed E-state index contributed by atoms with van der Waals surface area (Å²) in [6.07, 6.45) is 8.72. The fourth-order valence-corrected chi connectivity index (χ4v) is 4.42. The van der Waals surface area contributed by atoms with Crippen LogP contribution >= 0.6 is 0 Å². The van der Waals surface area contributed by atoms with E-state index in [1.54, 1.807) is 6.92 Å². The van der Waals surface area contributed by atoms with Crippen molar-refractivity contribution in [2.45, 2.75) is 51.1 Å². The van der Waals surface area contributed by atoms with Crippen molar-refractivity contribution in [3.8, 4) is 0 Å². The van der Waals surface area contributed by atoms with Crippen molar-refractivity contribution in [3.63, 3.8) is 0 Å². The van der Waals surface area contributed by atoms with E-state index in [-0.39, 0.29) is 18.1 Å². The van der Waals surface area contributed by atoms with Gasteiger partial charge in [-0.05, 0) is 43.6 Å². The van der Waals surface area contributed by atoms with Crippen molar-refractivity contribution in [1.82, 2.24) is 10.2 Å². The number of nitrogens with one attached hydrogen (secondary N) is 1. The molecular weight excluding hydrogens is 360 g/mol. The highest BCUT2D eigenvalue weighted by molar-refractivity contribution is 7.93. The molecule has 3 rings (SSSR count). The lowest BCUT2D eigenvalue weighted by atomic mass is 9.84. The van der Waals surface area contributed by atoms with Crippen molar-refractivity contribution < 1.29 is 13.2 Å². The molecule has 0 spiro atoms. The summed E-state index contributed by atoms with van der Waals surface area (Å²) < 4.78 is 22.6. The second-order valence-electron chi connectivity index (χ2n) is 8.09. The molecule has 1 aliphatic heterocycles. The number of nitrogens with zero attached hydrogens (tertiary/aromatic N) is 1. The number of rotatable bonds is 6. The van der Waals surface area contributed by atoms with Gasteiger partial charge in [-0.3, -0.25) is 0 Å². The number of hydrogen-bond donors (Lipinski definition) is 1. The molecule has 0 aromatic heterocycles. The molecule has 0 bridgehead atoms. The standard InChI is InChI=1S/C21H30N2O3S/c1-16(11-13-27(2,25)26)22-21(24)23-12-10-18(14-17-8-9-17)15-20(23)19-6-4-3-5-7-19/h3-7,11,13,16-18,20H,8-10,12,14-15H2,1-2H3,(H,22,24)/b13-11+/t16?,18-,20-/m0/s1. The van der Waals surface area contributed by atoms with Crippen LogP contribution in [-0.2, 0) is 9.84 Å². The van der Waals surface area contributed by atoms with Gasteiger partial charge in [0.25, 0.3) is 0 Å². The highest BCUT2D eigenvalue weighted by Gasteiger charge is 2.35. The minimum Gasteiger partial charge on any atom is -0.332 e. The Kier molecular flexibility index (Phi) is 6.25. The fraction of sp³-hybridized carbons (Fsp3) is 0.571. The van der Waals surface area contributed by atoms with E-state index in [0.717, 1.165) is 37.0 Å². The van der Waals surface area contributed by atoms with Gasteiger partial charge in [0, 0.05) is 24.3 Å². The first-order valence-electron chi connectivity index (χ1n) is 9.82. The van der Waals surface area contributed by atoms with Gasteiger partial charge < -0.3 is 10.2 Å². The van der Waals surface area contributed by atoms with E-state index in [1.165, 1.54) is 30.9 Å². The van der Waals surface area contributed by atoms with Crippen LogP contribution in [0.25, 0.3) is 0 Å². The van der Waals surface area contributed by atoms with Gasteiger partial charge in [-0.2, -0.15) is 0 Å². The summed E-state index contributed by atoms with van der Waals surface area (Å²) in [5, 5.41) is 4.07. The lowest BCUT2D eigenvalue weighted by Crippen LogP contribution is -2.48. The zero-order valence-electron chi connectivity index (χ0n) is 16.2. The van der Waals surface area contributed by atoms with Gasteiger partial charge in [-0.15, -0.1) is 0 Å². The minimum atomic E-state index is -3.19. The van der Waals surface area contributed by atoms with E-state index < -0.39 is 9.84 Å². The normalized spacial score (nSPS) is 24.7. The molecule has 148 valence electrons. The number of sulfone groups is 1. The molecule has 1 unspecified atom stereocenters. The Hall–Kier alpha value is -1.82. The number of urea groups is 1. The smallest absolute Gasteiger partial charge is 0.318 e. The molecule has 1 heterocycles. The molecule has 2 aliphatic rings. The van der Waals surface area contributed by atoms with Crippen LogP contribution < -0.4 is 5.32 Å². The molecule has 5 nitrogen and oxygen atoms in total. The number of likely N-dealkylation sites (tertiary alicyclic amines) is 1. The maximum atomic E-state index is 12.9. The van der Waals surface area contributed by atoms with E-state index in [1.807, 2.05) is 23.1 Å². The van der Waals surface area contributed by atoms with Crippen LogP contribution in [0.5, 0.6) is 0 Å². The van der Waals surface area contributed by atoms with Crippen molar-refractivity contribution in [1.29, 1.82) is 0 Å². The lowest BCUT2D eigenvalue weighted by Gasteiger charge is -2.40. The first kappa shape index (κ1) is 19.9. The van der Waals surface area contributed by atoms with Gasteiger partial charge in [-0.25, -0.2) is 13.2 Å². The molecule has 3 atom stereocenters. The molecule has 1 aromatic carbocycles. The first-order chi connectivity index (χ1) is 12.8. The Morgan fingerprint density at radius 3 is 2.56 bits per heavy atom. The van der Waals surface area contributed by atoms with E-state index in [4.69, 9.17) is 0 Å². The zero-order chi connectivity index (χ0) is 19.4. The number of carbonyl (C=O) groups excluding carboxylic acids is 1. The number of carbonyl (C=O) groups is 1. The summed E-state index contributed by atoms with van der Waals surface area (Å²) >= 11 is 0. The third-order valence-electron chi connectivity index (χ3n) is 5.49. The number of benzene rings is 1. The summed E-state index contributed by atoms with van der Waals surface area (Å²) in [5.74, 6) is 1.57. The average molecular weight is 391 g/mol. The summed E-state index contributed by atoms with van der Waals surface area (Å²) in [6, 6.07) is 9.84. The van der Waals surface area contributed by atoms with E-state index >= 15 is 0 Å². The van der Waals surface area contributed by atoms with E-state index in [0.29, 0.717) is 5.92 Å². The van der Waals surface area contributed by atoms with Crippen molar-refractivity contribution in [3.05, 3.63) is 47.4 Å². The van der Waals surface area contributed by atoms with Crippen LogP contribution in [0, 0.1) is 11.8 Å². The second kappa shape index (κ2) is 8.46. The number of amides is 2. The lowest BCUT2D eigenvalue weighted by molar-refractivity contribution is 0.121. The minimum absolute atomic E-state index is 0.0785. The zero-order valence-corrected chi connectivity index (χ0v) is 17.0. The van der Waals surface area contributed by atoms with Crippen LogP contribution in [0.2, 0.25) is 0 Å². The molecule has 1 aliphatic carbocycles. The summed E-state index contributed by atoms with van der Waals surface area (Å²) in [6.45, 7) is 2.53. The third-order valence-corrected chi connectivity index (χ3v) is 6.14. The Bertz CT molecular complexity index is 772. The quantitative estimate of drug-likeness (QED) is 0.801. The predicted molar refractivity (Wildman–Crippen MR) is 108 cm³/mol. The Morgan fingerprint density at radius 2 is 1.93 bits per heavy atom. The summed E-state index contributed by atoms with van der Waals surface area (Å²) in [4.78, 5) is 14.8. The SMILES string of the molecule is CC(/C=C/S(C)(=O)=O)NC(=O)N1CC[C@@H](CC2CC2)C[C@H]1c1ccccc1. The summed E-state index contributed by atoms with van der Waals surface area (Å²) in [7, 11) is -3.19. The molecule has 2 amide bonds. The molecule has 6 heteroatoms. The predicted octanol–water partition coefficient (Wildman–Crippen LogP) is 3.90. The third kappa shape index (κ3) is 6.09. The van der Waals surface area contributed by atoms with Crippen molar-refractivity contribution >= 4 is 15.9 Å². The second-order valence-corrected chi connectivity index (χ2v) is 10.0. The molecule has 27 heavy (non-hydrogen) atoms. The van der Waals surface area contributed by atoms with Gasteiger partial charge >= 0.3 is 6.03 Å². The highest BCUT2D eigenvalue weighted by Crippen LogP contribution is 2.42. The maximum Gasteiger partial charge on any atom is 0.318 e. The average Bonchev–Trinajstić information content (AvgIpc) is 3.44. The molecular formula is C21H30N2O3S. The largest absolute Gasteiger partial charge is 0.332 e. The first-order valence-corrected chi connectivity index (χ1v) is 11.8. The molecule has 0 radical (unpaired) electrons. The highest BCUT2D eigenvalue weighted by atomic mass is 32.2. The molecule has 2 fully saturated rings. The van der Waals surface area contributed by atoms with Crippen molar-refractivity contribution in [2.24, 2.45) is 11.8 Å². The molecule has 1 saturated carbocycles. The fourth-order valence-electron chi connectivity index (χ4n) is 3.90. The van der Waals surface area contributed by atoms with Crippen molar-refractivity contribution in [2.75, 3.05) is 12.8 Å². The number of piperidine rings is 1. The van der Waals surface area contributed by atoms with Gasteiger partial charge in [-0.1, -0.05) is 49.2 Å². The molecule has 1 aromatic rings. The van der Waals surface area contributed by atoms with E-state index in [2.05, 4.69) is 17.4 Å². The van der Waals surface area contributed by atoms with Gasteiger partial charge in [0.05, 0.1) is 6.04 Å². The summed E-state index contributed by atoms with van der Waals surface area (Å²) in [5.41, 5.74) is 1.17. The molecule has 1 N–H and O–H groups in total. The van der Waals surface area contributed by atoms with Gasteiger partial charge in [0.15, 0.2) is 9.84 Å². The van der Waals surface area contributed by atoms with E-state index in [9.17, 15) is 13.2 Å². The Morgan fingerprint density at radius 1 is 1.22 bits per heavy atom. The van der Waals surface area contributed by atoms with Crippen LogP contribution in [0.3, 0.4) is 0 Å².